The normalized spacial score (nSPS) is 11.9. The Kier molecular flexibility index (Phi) is 6.66. The van der Waals surface area contributed by atoms with E-state index in [0.29, 0.717) is 6.07 Å². The summed E-state index contributed by atoms with van der Waals surface area (Å²) in [5.74, 6) is -1.55. The lowest BCUT2D eigenvalue weighted by Crippen LogP contribution is -2.38. The Morgan fingerprint density at radius 1 is 1.17 bits per heavy atom. The third-order valence-electron chi connectivity index (χ3n) is 4.28. The van der Waals surface area contributed by atoms with Crippen molar-refractivity contribution in [2.45, 2.75) is 26.4 Å². The van der Waals surface area contributed by atoms with Crippen LogP contribution in [0.15, 0.2) is 36.5 Å². The zero-order valence-corrected chi connectivity index (χ0v) is 16.0. The standard InChI is InChI=1S/C19H20F5N3O2/c1-18(2,19(22,23)24)8-9-27(3)17(28)26-16-7-5-13(11-25-16)29-15-6-4-12(20)10-14(15)21/h4-7,10-11H,8-9H2,1-3H3,(H,25,26,28). The van der Waals surface area contributed by atoms with Crippen LogP contribution in [0.4, 0.5) is 32.6 Å². The van der Waals surface area contributed by atoms with Gasteiger partial charge in [0.1, 0.15) is 17.4 Å². The Morgan fingerprint density at radius 3 is 2.41 bits per heavy atom. The van der Waals surface area contributed by atoms with E-state index < -0.39 is 29.3 Å². The molecule has 2 rings (SSSR count). The van der Waals surface area contributed by atoms with Gasteiger partial charge >= 0.3 is 12.2 Å². The first kappa shape index (κ1) is 22.4. The molecule has 0 bridgehead atoms. The summed E-state index contributed by atoms with van der Waals surface area (Å²) in [7, 11) is 1.37. The van der Waals surface area contributed by atoms with E-state index in [9.17, 15) is 26.7 Å². The van der Waals surface area contributed by atoms with Crippen LogP contribution in [0.1, 0.15) is 20.3 Å². The van der Waals surface area contributed by atoms with Crippen molar-refractivity contribution in [2.75, 3.05) is 18.9 Å². The highest BCUT2D eigenvalue weighted by Gasteiger charge is 2.46. The van der Waals surface area contributed by atoms with Crippen LogP contribution in [0.3, 0.4) is 0 Å². The second-order valence-corrected chi connectivity index (χ2v) is 7.04. The summed E-state index contributed by atoms with van der Waals surface area (Å²) in [5, 5.41) is 2.44. The number of benzene rings is 1. The van der Waals surface area contributed by atoms with Gasteiger partial charge in [0, 0.05) is 19.7 Å². The van der Waals surface area contributed by atoms with Crippen molar-refractivity contribution in [3.63, 3.8) is 0 Å². The molecule has 5 nitrogen and oxygen atoms in total. The number of nitrogens with zero attached hydrogens (tertiary/aromatic N) is 2. The lowest BCUT2D eigenvalue weighted by atomic mass is 9.88. The number of carbonyl (C=O) groups excluding carboxylic acids is 1. The minimum Gasteiger partial charge on any atom is -0.453 e. The maximum absolute atomic E-state index is 13.6. The minimum absolute atomic E-state index is 0.108. The molecule has 0 spiro atoms. The number of halogens is 5. The number of urea groups is 1. The molecular formula is C19H20F5N3O2. The fourth-order valence-corrected chi connectivity index (χ4v) is 2.10. The lowest BCUT2D eigenvalue weighted by molar-refractivity contribution is -0.214. The van der Waals surface area contributed by atoms with Gasteiger partial charge in [0.25, 0.3) is 0 Å². The van der Waals surface area contributed by atoms with E-state index in [1.807, 2.05) is 0 Å². The van der Waals surface area contributed by atoms with Crippen molar-refractivity contribution in [1.29, 1.82) is 0 Å². The minimum atomic E-state index is -4.37. The molecule has 158 valence electrons. The Bertz CT molecular complexity index is 854. The summed E-state index contributed by atoms with van der Waals surface area (Å²) in [4.78, 5) is 17.2. The van der Waals surface area contributed by atoms with E-state index in [1.165, 1.54) is 25.4 Å². The maximum Gasteiger partial charge on any atom is 0.394 e. The summed E-state index contributed by atoms with van der Waals surface area (Å²) in [6.45, 7) is 2.04. The number of amides is 2. The van der Waals surface area contributed by atoms with Crippen molar-refractivity contribution in [1.82, 2.24) is 9.88 Å². The first-order chi connectivity index (χ1) is 13.4. The highest BCUT2D eigenvalue weighted by molar-refractivity contribution is 5.88. The topological polar surface area (TPSA) is 54.5 Å². The number of pyridine rings is 1. The Labute approximate surface area is 164 Å². The molecule has 2 amide bonds. The van der Waals surface area contributed by atoms with Crippen LogP contribution in [0.5, 0.6) is 11.5 Å². The van der Waals surface area contributed by atoms with Crippen molar-refractivity contribution in [3.8, 4) is 11.5 Å². The number of alkyl halides is 3. The summed E-state index contributed by atoms with van der Waals surface area (Å²) >= 11 is 0. The van der Waals surface area contributed by atoms with Gasteiger partial charge in [0.05, 0.1) is 11.6 Å². The number of carbonyl (C=O) groups is 1. The van der Waals surface area contributed by atoms with Gasteiger partial charge in [-0.1, -0.05) is 13.8 Å². The highest BCUT2D eigenvalue weighted by atomic mass is 19.4. The molecule has 0 aliphatic rings. The molecule has 29 heavy (non-hydrogen) atoms. The smallest absolute Gasteiger partial charge is 0.394 e. The zero-order chi connectivity index (χ0) is 21.8. The molecule has 0 fully saturated rings. The number of ether oxygens (including phenoxy) is 1. The quantitative estimate of drug-likeness (QED) is 0.623. The Balaban J connectivity index is 1.92. The van der Waals surface area contributed by atoms with Gasteiger partial charge in [-0.05, 0) is 30.7 Å². The molecule has 0 aliphatic carbocycles. The number of hydrogen-bond donors (Lipinski definition) is 1. The molecule has 0 atom stereocenters. The fourth-order valence-electron chi connectivity index (χ4n) is 2.10. The summed E-state index contributed by atoms with van der Waals surface area (Å²) in [5.41, 5.74) is -1.92. The van der Waals surface area contributed by atoms with Crippen LogP contribution >= 0.6 is 0 Å². The van der Waals surface area contributed by atoms with Crippen molar-refractivity contribution in [2.24, 2.45) is 5.41 Å². The molecule has 10 heteroatoms. The first-order valence-electron chi connectivity index (χ1n) is 8.57. The molecular weight excluding hydrogens is 397 g/mol. The second-order valence-electron chi connectivity index (χ2n) is 7.04. The average Bonchev–Trinajstić information content (AvgIpc) is 2.62. The van der Waals surface area contributed by atoms with Crippen LogP contribution in [-0.4, -0.2) is 35.7 Å². The number of nitrogens with one attached hydrogen (secondary N) is 1. The number of aromatic nitrogens is 1. The molecule has 0 saturated carbocycles. The van der Waals surface area contributed by atoms with Crippen molar-refractivity contribution in [3.05, 3.63) is 48.2 Å². The predicted octanol–water partition coefficient (Wildman–Crippen LogP) is 5.59. The highest BCUT2D eigenvalue weighted by Crippen LogP contribution is 2.40. The van der Waals surface area contributed by atoms with Crippen LogP contribution in [0.25, 0.3) is 0 Å². The Morgan fingerprint density at radius 2 is 1.86 bits per heavy atom. The van der Waals surface area contributed by atoms with E-state index in [4.69, 9.17) is 4.74 Å². The lowest BCUT2D eigenvalue weighted by Gasteiger charge is -2.29. The third kappa shape index (κ3) is 6.03. The van der Waals surface area contributed by atoms with E-state index in [-0.39, 0.29) is 30.3 Å². The number of hydrogen-bond acceptors (Lipinski definition) is 3. The van der Waals surface area contributed by atoms with Crippen LogP contribution in [0, 0.1) is 17.0 Å². The predicted molar refractivity (Wildman–Crippen MR) is 96.8 cm³/mol. The van der Waals surface area contributed by atoms with Gasteiger partial charge in [0.15, 0.2) is 11.6 Å². The first-order valence-corrected chi connectivity index (χ1v) is 8.57. The molecule has 1 aromatic heterocycles. The number of rotatable bonds is 6. The average molecular weight is 417 g/mol. The van der Waals surface area contributed by atoms with Crippen LogP contribution in [-0.2, 0) is 0 Å². The third-order valence-corrected chi connectivity index (χ3v) is 4.28. The van der Waals surface area contributed by atoms with Crippen LogP contribution < -0.4 is 10.1 Å². The van der Waals surface area contributed by atoms with E-state index in [0.717, 1.165) is 30.9 Å². The van der Waals surface area contributed by atoms with Crippen molar-refractivity contribution < 1.29 is 31.5 Å². The molecule has 1 aromatic carbocycles. The molecule has 0 radical (unpaired) electrons. The largest absolute Gasteiger partial charge is 0.453 e. The van der Waals surface area contributed by atoms with Crippen molar-refractivity contribution >= 4 is 11.8 Å². The second kappa shape index (κ2) is 8.62. The van der Waals surface area contributed by atoms with Gasteiger partial charge in [-0.25, -0.2) is 18.6 Å². The van der Waals surface area contributed by atoms with E-state index in [2.05, 4.69) is 10.3 Å². The SMILES string of the molecule is CN(CCC(C)(C)C(F)(F)F)C(=O)Nc1ccc(Oc2ccc(F)cc2F)cn1. The monoisotopic (exact) mass is 417 g/mol. The molecule has 2 aromatic rings. The summed E-state index contributed by atoms with van der Waals surface area (Å²) < 4.78 is 70.4. The Hall–Kier alpha value is -2.91. The number of anilines is 1. The summed E-state index contributed by atoms with van der Waals surface area (Å²) in [6.07, 6.45) is -3.42. The molecule has 1 N–H and O–H groups in total. The van der Waals surface area contributed by atoms with Gasteiger partial charge in [0.2, 0.25) is 0 Å². The molecule has 0 saturated heterocycles. The molecule has 0 unspecified atom stereocenters. The van der Waals surface area contributed by atoms with Crippen LogP contribution in [0.2, 0.25) is 0 Å². The van der Waals surface area contributed by atoms with E-state index in [1.54, 1.807) is 0 Å². The van der Waals surface area contributed by atoms with Gasteiger partial charge in [-0.3, -0.25) is 5.32 Å². The van der Waals surface area contributed by atoms with E-state index >= 15 is 0 Å². The van der Waals surface area contributed by atoms with Gasteiger partial charge < -0.3 is 9.64 Å². The van der Waals surface area contributed by atoms with Gasteiger partial charge in [-0.2, -0.15) is 13.2 Å². The fraction of sp³-hybridized carbons (Fsp3) is 0.368. The zero-order valence-electron chi connectivity index (χ0n) is 16.0. The maximum atomic E-state index is 13.6. The molecule has 1 heterocycles. The van der Waals surface area contributed by atoms with Gasteiger partial charge in [-0.15, -0.1) is 0 Å². The molecule has 0 aliphatic heterocycles. The summed E-state index contributed by atoms with van der Waals surface area (Å²) in [6, 6.07) is 4.98.